The average Bonchev–Trinajstić information content (AvgIpc) is 3.00. The van der Waals surface area contributed by atoms with Crippen molar-refractivity contribution in [3.63, 3.8) is 0 Å². The molecule has 2 heterocycles. The van der Waals surface area contributed by atoms with E-state index in [2.05, 4.69) is 0 Å². The number of amides is 1. The summed E-state index contributed by atoms with van der Waals surface area (Å²) >= 11 is 5.94. The Hall–Kier alpha value is -1.36. The molecule has 22 heavy (non-hydrogen) atoms. The normalized spacial score (nSPS) is 25.2. The van der Waals surface area contributed by atoms with Crippen LogP contribution in [0, 0.1) is 5.92 Å². The standard InChI is InChI=1S/C17H20ClNO3/c18-15-3-1-12(2-4-15)16-10-19(9-14(16)11-20)17(21)13-5-7-22-8-6-13/h1-5,14,16,20H,6-11H2/t14-,16-/m0/s1. The van der Waals surface area contributed by atoms with Crippen LogP contribution >= 0.6 is 11.6 Å². The van der Waals surface area contributed by atoms with Crippen LogP contribution in [-0.4, -0.2) is 48.8 Å². The molecule has 1 aromatic carbocycles. The van der Waals surface area contributed by atoms with Crippen molar-refractivity contribution in [1.82, 2.24) is 4.90 Å². The van der Waals surface area contributed by atoms with Gasteiger partial charge in [0, 0.05) is 48.5 Å². The van der Waals surface area contributed by atoms with Crippen molar-refractivity contribution in [3.8, 4) is 0 Å². The number of nitrogens with zero attached hydrogens (tertiary/aromatic N) is 1. The minimum Gasteiger partial charge on any atom is -0.396 e. The highest BCUT2D eigenvalue weighted by Gasteiger charge is 2.36. The maximum absolute atomic E-state index is 12.6. The molecule has 1 amide bonds. The summed E-state index contributed by atoms with van der Waals surface area (Å²) in [6.07, 6.45) is 2.54. The van der Waals surface area contributed by atoms with E-state index >= 15 is 0 Å². The SMILES string of the molecule is O=C(C1=CCOCC1)N1C[C@@H](CO)[C@H](c2ccc(Cl)cc2)C1. The van der Waals surface area contributed by atoms with E-state index in [0.29, 0.717) is 37.7 Å². The Bertz CT molecular complexity index is 570. The van der Waals surface area contributed by atoms with E-state index in [4.69, 9.17) is 16.3 Å². The molecule has 1 aromatic rings. The third kappa shape index (κ3) is 3.19. The van der Waals surface area contributed by atoms with Crippen molar-refractivity contribution in [2.24, 2.45) is 5.92 Å². The monoisotopic (exact) mass is 321 g/mol. The van der Waals surface area contributed by atoms with Crippen molar-refractivity contribution in [1.29, 1.82) is 0 Å². The second-order valence-electron chi connectivity index (χ2n) is 5.87. The number of rotatable bonds is 3. The molecule has 4 nitrogen and oxygen atoms in total. The number of hydrogen-bond donors (Lipinski definition) is 1. The van der Waals surface area contributed by atoms with Crippen molar-refractivity contribution < 1.29 is 14.6 Å². The van der Waals surface area contributed by atoms with Crippen molar-refractivity contribution in [3.05, 3.63) is 46.5 Å². The number of benzene rings is 1. The molecule has 0 aromatic heterocycles. The van der Waals surface area contributed by atoms with Crippen LogP contribution in [0.5, 0.6) is 0 Å². The first-order valence-electron chi connectivity index (χ1n) is 7.61. The van der Waals surface area contributed by atoms with Gasteiger partial charge < -0.3 is 14.7 Å². The summed E-state index contributed by atoms with van der Waals surface area (Å²) < 4.78 is 5.26. The largest absolute Gasteiger partial charge is 0.396 e. The van der Waals surface area contributed by atoms with Gasteiger partial charge in [0.2, 0.25) is 5.91 Å². The Morgan fingerprint density at radius 1 is 1.32 bits per heavy atom. The van der Waals surface area contributed by atoms with Gasteiger partial charge in [-0.15, -0.1) is 0 Å². The van der Waals surface area contributed by atoms with Gasteiger partial charge in [-0.05, 0) is 17.7 Å². The quantitative estimate of drug-likeness (QED) is 0.928. The van der Waals surface area contributed by atoms with Crippen LogP contribution in [0.25, 0.3) is 0 Å². The lowest BCUT2D eigenvalue weighted by Gasteiger charge is -2.20. The lowest BCUT2D eigenvalue weighted by molar-refractivity contribution is -0.126. The van der Waals surface area contributed by atoms with Crippen LogP contribution < -0.4 is 0 Å². The second-order valence-corrected chi connectivity index (χ2v) is 6.30. The molecular formula is C17H20ClNO3. The maximum Gasteiger partial charge on any atom is 0.249 e. The van der Waals surface area contributed by atoms with E-state index in [0.717, 1.165) is 11.1 Å². The molecule has 2 aliphatic rings. The van der Waals surface area contributed by atoms with E-state index < -0.39 is 0 Å². The van der Waals surface area contributed by atoms with E-state index in [-0.39, 0.29) is 24.3 Å². The number of ether oxygens (including phenoxy) is 1. The first-order valence-corrected chi connectivity index (χ1v) is 7.99. The summed E-state index contributed by atoms with van der Waals surface area (Å²) in [6.45, 7) is 2.44. The van der Waals surface area contributed by atoms with Crippen molar-refractivity contribution in [2.75, 3.05) is 32.9 Å². The van der Waals surface area contributed by atoms with Gasteiger partial charge in [-0.1, -0.05) is 29.8 Å². The Morgan fingerprint density at radius 3 is 2.73 bits per heavy atom. The van der Waals surface area contributed by atoms with E-state index in [1.54, 1.807) is 0 Å². The molecule has 0 radical (unpaired) electrons. The molecule has 0 aliphatic carbocycles. The molecule has 1 N–H and O–H groups in total. The van der Waals surface area contributed by atoms with Gasteiger partial charge in [-0.2, -0.15) is 0 Å². The number of aliphatic hydroxyl groups is 1. The molecule has 2 atom stereocenters. The summed E-state index contributed by atoms with van der Waals surface area (Å²) in [5.74, 6) is 0.315. The third-order valence-corrected chi connectivity index (χ3v) is 4.75. The van der Waals surface area contributed by atoms with Crippen LogP contribution in [0.3, 0.4) is 0 Å². The lowest BCUT2D eigenvalue weighted by Crippen LogP contribution is -2.32. The Kier molecular flexibility index (Phi) is 4.81. The smallest absolute Gasteiger partial charge is 0.249 e. The highest BCUT2D eigenvalue weighted by molar-refractivity contribution is 6.30. The fourth-order valence-corrected chi connectivity index (χ4v) is 3.36. The number of carbonyl (C=O) groups is 1. The zero-order valence-electron chi connectivity index (χ0n) is 12.4. The van der Waals surface area contributed by atoms with E-state index in [9.17, 15) is 9.90 Å². The maximum atomic E-state index is 12.6. The van der Waals surface area contributed by atoms with Gasteiger partial charge in [0.05, 0.1) is 13.2 Å². The number of halogens is 1. The summed E-state index contributed by atoms with van der Waals surface area (Å²) in [5.41, 5.74) is 1.96. The van der Waals surface area contributed by atoms with Crippen LogP contribution in [0.15, 0.2) is 35.9 Å². The van der Waals surface area contributed by atoms with Gasteiger partial charge in [0.1, 0.15) is 0 Å². The zero-order valence-corrected chi connectivity index (χ0v) is 13.1. The number of aliphatic hydroxyl groups excluding tert-OH is 1. The predicted molar refractivity (Wildman–Crippen MR) is 84.9 cm³/mol. The van der Waals surface area contributed by atoms with E-state index in [1.807, 2.05) is 35.2 Å². The van der Waals surface area contributed by atoms with Gasteiger partial charge in [0.25, 0.3) is 0 Å². The molecule has 5 heteroatoms. The van der Waals surface area contributed by atoms with Crippen molar-refractivity contribution in [2.45, 2.75) is 12.3 Å². The molecule has 0 spiro atoms. The number of likely N-dealkylation sites (tertiary alicyclic amines) is 1. The van der Waals surface area contributed by atoms with E-state index in [1.165, 1.54) is 0 Å². The highest BCUT2D eigenvalue weighted by atomic mass is 35.5. The fourth-order valence-electron chi connectivity index (χ4n) is 3.23. The molecule has 118 valence electrons. The summed E-state index contributed by atoms with van der Waals surface area (Å²) in [7, 11) is 0. The lowest BCUT2D eigenvalue weighted by atomic mass is 9.90. The molecule has 0 bridgehead atoms. The van der Waals surface area contributed by atoms with Crippen LogP contribution in [0.4, 0.5) is 0 Å². The summed E-state index contributed by atoms with van der Waals surface area (Å²) in [5, 5.41) is 10.4. The van der Waals surface area contributed by atoms with Crippen molar-refractivity contribution >= 4 is 17.5 Å². The van der Waals surface area contributed by atoms with Crippen LogP contribution in [-0.2, 0) is 9.53 Å². The van der Waals surface area contributed by atoms with Gasteiger partial charge in [0.15, 0.2) is 0 Å². The molecule has 0 saturated carbocycles. The molecule has 1 fully saturated rings. The molecular weight excluding hydrogens is 302 g/mol. The first kappa shape index (κ1) is 15.5. The molecule has 2 aliphatic heterocycles. The molecule has 3 rings (SSSR count). The Labute approximate surface area is 135 Å². The summed E-state index contributed by atoms with van der Waals surface area (Å²) in [4.78, 5) is 14.5. The summed E-state index contributed by atoms with van der Waals surface area (Å²) in [6, 6.07) is 7.68. The second kappa shape index (κ2) is 6.82. The topological polar surface area (TPSA) is 49.8 Å². The molecule has 1 saturated heterocycles. The highest BCUT2D eigenvalue weighted by Crippen LogP contribution is 2.34. The van der Waals surface area contributed by atoms with Crippen LogP contribution in [0.2, 0.25) is 5.02 Å². The minimum absolute atomic E-state index is 0.0746. The average molecular weight is 322 g/mol. The minimum atomic E-state index is 0.0746. The van der Waals surface area contributed by atoms with Gasteiger partial charge in [-0.3, -0.25) is 4.79 Å². The van der Waals surface area contributed by atoms with Gasteiger partial charge >= 0.3 is 0 Å². The zero-order chi connectivity index (χ0) is 15.5. The molecule has 0 unspecified atom stereocenters. The number of hydrogen-bond acceptors (Lipinski definition) is 3. The Morgan fingerprint density at radius 2 is 2.09 bits per heavy atom. The Balaban J connectivity index is 1.75. The number of carbonyl (C=O) groups excluding carboxylic acids is 1. The van der Waals surface area contributed by atoms with Gasteiger partial charge in [-0.25, -0.2) is 0 Å². The first-order chi connectivity index (χ1) is 10.7. The predicted octanol–water partition coefficient (Wildman–Crippen LogP) is 2.22. The fraction of sp³-hybridized carbons (Fsp3) is 0.471. The van der Waals surface area contributed by atoms with Crippen LogP contribution in [0.1, 0.15) is 17.9 Å². The third-order valence-electron chi connectivity index (χ3n) is 4.50.